The Hall–Kier alpha value is -3.92. The SMILES string of the molecule is O=C(Nc1ccc(Br)cn1)c1cccc(NC(=O)c2ccccc2-n2cnnn2)c1. The smallest absolute Gasteiger partial charge is 0.257 e. The molecule has 148 valence electrons. The van der Waals surface area contributed by atoms with Crippen molar-refractivity contribution in [3.05, 3.63) is 88.8 Å². The van der Waals surface area contributed by atoms with Crippen molar-refractivity contribution in [3.8, 4) is 5.69 Å². The number of para-hydroxylation sites is 1. The van der Waals surface area contributed by atoms with E-state index in [0.29, 0.717) is 28.3 Å². The molecule has 0 aliphatic heterocycles. The Balaban J connectivity index is 1.52. The average molecular weight is 464 g/mol. The van der Waals surface area contributed by atoms with Gasteiger partial charge in [-0.25, -0.2) is 4.98 Å². The van der Waals surface area contributed by atoms with E-state index in [9.17, 15) is 9.59 Å². The topological polar surface area (TPSA) is 115 Å². The van der Waals surface area contributed by atoms with Crippen LogP contribution in [0.1, 0.15) is 20.7 Å². The van der Waals surface area contributed by atoms with Gasteiger partial charge in [-0.2, -0.15) is 4.68 Å². The number of carbonyl (C=O) groups excluding carboxylic acids is 2. The highest BCUT2D eigenvalue weighted by Crippen LogP contribution is 2.18. The van der Waals surface area contributed by atoms with E-state index in [0.717, 1.165) is 4.47 Å². The van der Waals surface area contributed by atoms with Crippen molar-refractivity contribution < 1.29 is 9.59 Å². The first-order chi connectivity index (χ1) is 14.6. The molecule has 2 N–H and O–H groups in total. The number of nitrogens with one attached hydrogen (secondary N) is 2. The summed E-state index contributed by atoms with van der Waals surface area (Å²) in [5.74, 6) is -0.267. The van der Waals surface area contributed by atoms with E-state index in [4.69, 9.17) is 0 Å². The number of anilines is 2. The molecular formula is C20H14BrN7O2. The van der Waals surface area contributed by atoms with Gasteiger partial charge in [-0.15, -0.1) is 5.10 Å². The summed E-state index contributed by atoms with van der Waals surface area (Å²) in [6.07, 6.45) is 3.00. The number of rotatable bonds is 5. The first-order valence-corrected chi connectivity index (χ1v) is 9.56. The van der Waals surface area contributed by atoms with Gasteiger partial charge in [0.15, 0.2) is 0 Å². The number of carbonyl (C=O) groups is 2. The third-order valence-electron chi connectivity index (χ3n) is 4.10. The van der Waals surface area contributed by atoms with Gasteiger partial charge >= 0.3 is 0 Å². The van der Waals surface area contributed by atoms with E-state index in [2.05, 4.69) is 47.1 Å². The van der Waals surface area contributed by atoms with Crippen molar-refractivity contribution in [1.82, 2.24) is 25.2 Å². The molecule has 2 aromatic carbocycles. The summed E-state index contributed by atoms with van der Waals surface area (Å²) in [5, 5.41) is 16.6. The molecule has 2 aromatic heterocycles. The van der Waals surface area contributed by atoms with Crippen molar-refractivity contribution in [3.63, 3.8) is 0 Å². The van der Waals surface area contributed by atoms with Gasteiger partial charge in [-0.1, -0.05) is 18.2 Å². The van der Waals surface area contributed by atoms with Crippen molar-refractivity contribution >= 4 is 39.2 Å². The molecule has 0 aliphatic rings. The molecule has 0 spiro atoms. The fourth-order valence-electron chi connectivity index (χ4n) is 2.71. The molecule has 0 fully saturated rings. The van der Waals surface area contributed by atoms with Crippen LogP contribution < -0.4 is 10.6 Å². The predicted molar refractivity (Wildman–Crippen MR) is 113 cm³/mol. The minimum absolute atomic E-state index is 0.338. The van der Waals surface area contributed by atoms with Crippen LogP contribution in [0.4, 0.5) is 11.5 Å². The van der Waals surface area contributed by atoms with E-state index in [1.165, 1.54) is 11.0 Å². The lowest BCUT2D eigenvalue weighted by Gasteiger charge is -2.10. The average Bonchev–Trinajstić information content (AvgIpc) is 3.30. The van der Waals surface area contributed by atoms with Crippen molar-refractivity contribution in [1.29, 1.82) is 0 Å². The highest BCUT2D eigenvalue weighted by Gasteiger charge is 2.14. The number of halogens is 1. The summed E-state index contributed by atoms with van der Waals surface area (Å²) in [7, 11) is 0. The Morgan fingerprint density at radius 2 is 1.80 bits per heavy atom. The molecule has 4 aromatic rings. The number of hydrogen-bond acceptors (Lipinski definition) is 6. The first-order valence-electron chi connectivity index (χ1n) is 8.77. The lowest BCUT2D eigenvalue weighted by atomic mass is 10.1. The highest BCUT2D eigenvalue weighted by atomic mass is 79.9. The van der Waals surface area contributed by atoms with Crippen LogP contribution >= 0.6 is 15.9 Å². The largest absolute Gasteiger partial charge is 0.322 e. The first kappa shape index (κ1) is 19.4. The fourth-order valence-corrected chi connectivity index (χ4v) is 2.95. The van der Waals surface area contributed by atoms with E-state index in [1.807, 2.05) is 0 Å². The van der Waals surface area contributed by atoms with Crippen LogP contribution in [0.3, 0.4) is 0 Å². The number of hydrogen-bond donors (Lipinski definition) is 2. The second-order valence-corrected chi connectivity index (χ2v) is 7.04. The molecule has 0 bridgehead atoms. The number of nitrogens with zero attached hydrogens (tertiary/aromatic N) is 5. The van der Waals surface area contributed by atoms with Crippen LogP contribution in [0, 0.1) is 0 Å². The van der Waals surface area contributed by atoms with Gasteiger partial charge in [0.05, 0.1) is 11.3 Å². The predicted octanol–water partition coefficient (Wildman–Crippen LogP) is 3.32. The zero-order valence-corrected chi connectivity index (χ0v) is 16.9. The number of pyridine rings is 1. The molecule has 10 heteroatoms. The molecule has 4 rings (SSSR count). The second-order valence-electron chi connectivity index (χ2n) is 6.12. The maximum Gasteiger partial charge on any atom is 0.257 e. The fraction of sp³-hybridized carbons (Fsp3) is 0. The lowest BCUT2D eigenvalue weighted by molar-refractivity contribution is 0.101. The molecule has 2 amide bonds. The standard InChI is InChI=1S/C20H14BrN7O2/c21-14-8-9-18(22-11-14)25-19(29)13-4-3-5-15(10-13)24-20(30)16-6-1-2-7-17(16)28-12-23-26-27-28/h1-12H,(H,24,30)(H,22,25,29). The summed E-state index contributed by atoms with van der Waals surface area (Å²) < 4.78 is 2.22. The van der Waals surface area contributed by atoms with Crippen molar-refractivity contribution in [2.24, 2.45) is 0 Å². The van der Waals surface area contributed by atoms with Gasteiger partial charge < -0.3 is 10.6 Å². The Bertz CT molecular complexity index is 1190. The number of tetrazole rings is 1. The molecule has 0 aliphatic carbocycles. The van der Waals surface area contributed by atoms with Crippen LogP contribution in [0.2, 0.25) is 0 Å². The highest BCUT2D eigenvalue weighted by molar-refractivity contribution is 9.10. The summed E-state index contributed by atoms with van der Waals surface area (Å²) in [4.78, 5) is 29.5. The van der Waals surface area contributed by atoms with Crippen molar-refractivity contribution in [2.45, 2.75) is 0 Å². The van der Waals surface area contributed by atoms with Crippen LogP contribution in [-0.2, 0) is 0 Å². The summed E-state index contributed by atoms with van der Waals surface area (Å²) in [6.45, 7) is 0. The van der Waals surface area contributed by atoms with E-state index < -0.39 is 0 Å². The van der Waals surface area contributed by atoms with Crippen LogP contribution in [0.5, 0.6) is 0 Å². The normalized spacial score (nSPS) is 10.4. The monoisotopic (exact) mass is 463 g/mol. The quantitative estimate of drug-likeness (QED) is 0.469. The van der Waals surface area contributed by atoms with Gasteiger partial charge in [0.25, 0.3) is 11.8 Å². The van der Waals surface area contributed by atoms with Gasteiger partial charge in [0.1, 0.15) is 12.1 Å². The van der Waals surface area contributed by atoms with E-state index in [-0.39, 0.29) is 11.8 Å². The molecule has 2 heterocycles. The second kappa shape index (κ2) is 8.62. The van der Waals surface area contributed by atoms with Crippen molar-refractivity contribution in [2.75, 3.05) is 10.6 Å². The number of amides is 2. The number of aromatic nitrogens is 5. The molecule has 9 nitrogen and oxygen atoms in total. The molecule has 0 saturated heterocycles. The Morgan fingerprint density at radius 3 is 2.57 bits per heavy atom. The molecule has 30 heavy (non-hydrogen) atoms. The van der Waals surface area contributed by atoms with Gasteiger partial charge in [0.2, 0.25) is 0 Å². The minimum atomic E-state index is -0.353. The molecule has 0 unspecified atom stereocenters. The molecular weight excluding hydrogens is 450 g/mol. The zero-order valence-electron chi connectivity index (χ0n) is 15.4. The van der Waals surface area contributed by atoms with Gasteiger partial charge in [0, 0.05) is 21.9 Å². The third kappa shape index (κ3) is 4.39. The minimum Gasteiger partial charge on any atom is -0.322 e. The summed E-state index contributed by atoms with van der Waals surface area (Å²) in [6, 6.07) is 17.0. The lowest BCUT2D eigenvalue weighted by Crippen LogP contribution is -2.16. The van der Waals surface area contributed by atoms with Gasteiger partial charge in [-0.05, 0) is 68.8 Å². The maximum atomic E-state index is 12.8. The number of benzene rings is 2. The Morgan fingerprint density at radius 1 is 0.933 bits per heavy atom. The van der Waals surface area contributed by atoms with Crippen LogP contribution in [0.25, 0.3) is 5.69 Å². The summed E-state index contributed by atoms with van der Waals surface area (Å²) in [5.41, 5.74) is 1.78. The Labute approximate surface area is 179 Å². The van der Waals surface area contributed by atoms with E-state index >= 15 is 0 Å². The Kier molecular flexibility index (Phi) is 5.57. The zero-order chi connectivity index (χ0) is 20.9. The van der Waals surface area contributed by atoms with Crippen LogP contribution in [0.15, 0.2) is 77.7 Å². The molecule has 0 radical (unpaired) electrons. The maximum absolute atomic E-state index is 12.8. The van der Waals surface area contributed by atoms with E-state index in [1.54, 1.807) is 66.9 Å². The molecule has 0 atom stereocenters. The van der Waals surface area contributed by atoms with Gasteiger partial charge in [-0.3, -0.25) is 9.59 Å². The summed E-state index contributed by atoms with van der Waals surface area (Å²) >= 11 is 3.30. The third-order valence-corrected chi connectivity index (χ3v) is 4.57. The molecule has 0 saturated carbocycles. The van der Waals surface area contributed by atoms with Crippen LogP contribution in [-0.4, -0.2) is 37.0 Å².